The number of rotatable bonds is 5. The van der Waals surface area contributed by atoms with Crippen LogP contribution >= 0.6 is 11.3 Å². The third-order valence-corrected chi connectivity index (χ3v) is 4.55. The highest BCUT2D eigenvalue weighted by Crippen LogP contribution is 2.26. The monoisotopic (exact) mass is 379 g/mol. The molecule has 0 N–H and O–H groups in total. The number of fused-ring (bicyclic) bond motifs is 1. The molecule has 0 atom stereocenters. The van der Waals surface area contributed by atoms with Gasteiger partial charge in [-0.2, -0.15) is 0 Å². The summed E-state index contributed by atoms with van der Waals surface area (Å²) in [5, 5.41) is 10.1. The van der Waals surface area contributed by atoms with Crippen LogP contribution in [-0.4, -0.2) is 23.9 Å². The molecular formula is C20H17N3O3S. The highest BCUT2D eigenvalue weighted by atomic mass is 32.1. The van der Waals surface area contributed by atoms with Crippen molar-refractivity contribution in [1.29, 1.82) is 0 Å². The van der Waals surface area contributed by atoms with Crippen molar-refractivity contribution in [2.45, 2.75) is 6.92 Å². The Kier molecular flexibility index (Phi) is 4.84. The first kappa shape index (κ1) is 17.2. The standard InChI is InChI=1S/C20H17N3O3S/c1-3-25-15-8-9-18-16(10-15)17(22-20-23-21-12-27-20)11-19(26-18)13-4-6-14(24-2)7-5-13/h4-12H,3H2,1-2H3/b22-17+. The molecule has 0 radical (unpaired) electrons. The van der Waals surface area contributed by atoms with Gasteiger partial charge in [-0.25, -0.2) is 4.99 Å². The van der Waals surface area contributed by atoms with Gasteiger partial charge in [0.05, 0.1) is 19.1 Å². The first-order valence-electron chi connectivity index (χ1n) is 8.43. The highest BCUT2D eigenvalue weighted by Gasteiger charge is 2.09. The molecule has 0 spiro atoms. The summed E-state index contributed by atoms with van der Waals surface area (Å²) in [6.45, 7) is 2.54. The first-order valence-corrected chi connectivity index (χ1v) is 9.31. The number of ether oxygens (including phenoxy) is 2. The van der Waals surface area contributed by atoms with Crippen LogP contribution in [0.1, 0.15) is 6.92 Å². The Balaban J connectivity index is 1.92. The zero-order valence-electron chi connectivity index (χ0n) is 14.9. The second kappa shape index (κ2) is 7.59. The molecule has 136 valence electrons. The lowest BCUT2D eigenvalue weighted by atomic mass is 10.1. The number of nitrogens with zero attached hydrogens (tertiary/aromatic N) is 3. The third-order valence-electron chi connectivity index (χ3n) is 3.96. The van der Waals surface area contributed by atoms with Gasteiger partial charge in [-0.3, -0.25) is 0 Å². The third kappa shape index (κ3) is 3.68. The molecule has 4 aromatic rings. The quantitative estimate of drug-likeness (QED) is 0.507. The summed E-state index contributed by atoms with van der Waals surface area (Å²) in [7, 11) is 1.64. The summed E-state index contributed by atoms with van der Waals surface area (Å²) < 4.78 is 17.0. The molecule has 0 aliphatic carbocycles. The average Bonchev–Trinajstić information content (AvgIpc) is 3.21. The van der Waals surface area contributed by atoms with Gasteiger partial charge in [-0.15, -0.1) is 10.2 Å². The van der Waals surface area contributed by atoms with E-state index in [4.69, 9.17) is 13.9 Å². The summed E-state index contributed by atoms with van der Waals surface area (Å²) >= 11 is 1.38. The van der Waals surface area contributed by atoms with Crippen LogP contribution in [0.5, 0.6) is 11.5 Å². The Morgan fingerprint density at radius 3 is 2.59 bits per heavy atom. The molecule has 0 aliphatic heterocycles. The molecule has 0 fully saturated rings. The van der Waals surface area contributed by atoms with Gasteiger partial charge in [0.2, 0.25) is 5.13 Å². The van der Waals surface area contributed by atoms with Crippen LogP contribution in [0.2, 0.25) is 0 Å². The molecule has 6 nitrogen and oxygen atoms in total. The van der Waals surface area contributed by atoms with E-state index in [0.29, 0.717) is 17.5 Å². The van der Waals surface area contributed by atoms with Crippen LogP contribution < -0.4 is 14.8 Å². The van der Waals surface area contributed by atoms with Crippen molar-refractivity contribution in [3.8, 4) is 22.8 Å². The van der Waals surface area contributed by atoms with Crippen molar-refractivity contribution < 1.29 is 13.9 Å². The molecule has 0 saturated carbocycles. The zero-order valence-corrected chi connectivity index (χ0v) is 15.7. The van der Waals surface area contributed by atoms with Crippen molar-refractivity contribution >= 4 is 27.4 Å². The second-order valence-corrected chi connectivity index (χ2v) is 6.46. The molecule has 0 unspecified atom stereocenters. The molecule has 0 aliphatic rings. The number of hydrogen-bond donors (Lipinski definition) is 0. The summed E-state index contributed by atoms with van der Waals surface area (Å²) in [4.78, 5) is 4.66. The SMILES string of the molecule is CCOc1ccc2oc(-c3ccc(OC)cc3)c/c(=N\c3nncs3)c2c1. The fourth-order valence-electron chi connectivity index (χ4n) is 2.71. The largest absolute Gasteiger partial charge is 0.497 e. The van der Waals surface area contributed by atoms with E-state index in [2.05, 4.69) is 15.2 Å². The van der Waals surface area contributed by atoms with Crippen LogP contribution in [0.25, 0.3) is 22.3 Å². The minimum Gasteiger partial charge on any atom is -0.497 e. The minimum absolute atomic E-state index is 0.588. The van der Waals surface area contributed by atoms with E-state index in [1.807, 2.05) is 55.5 Å². The van der Waals surface area contributed by atoms with Gasteiger partial charge in [0.1, 0.15) is 28.4 Å². The maximum Gasteiger partial charge on any atom is 0.231 e. The van der Waals surface area contributed by atoms with Gasteiger partial charge < -0.3 is 13.9 Å². The van der Waals surface area contributed by atoms with Crippen molar-refractivity contribution in [3.05, 3.63) is 59.4 Å². The maximum absolute atomic E-state index is 6.13. The molecule has 0 bridgehead atoms. The van der Waals surface area contributed by atoms with Crippen molar-refractivity contribution in [1.82, 2.24) is 10.2 Å². The molecule has 27 heavy (non-hydrogen) atoms. The topological polar surface area (TPSA) is 69.7 Å². The van der Waals surface area contributed by atoms with E-state index in [1.54, 1.807) is 12.6 Å². The molecule has 2 heterocycles. The molecule has 4 rings (SSSR count). The molecular weight excluding hydrogens is 362 g/mol. The van der Waals surface area contributed by atoms with Crippen LogP contribution in [0, 0.1) is 0 Å². The fourth-order valence-corrected chi connectivity index (χ4v) is 3.15. The predicted molar refractivity (Wildman–Crippen MR) is 105 cm³/mol. The van der Waals surface area contributed by atoms with Gasteiger partial charge in [0.25, 0.3) is 0 Å². The number of benzene rings is 2. The Bertz CT molecular complexity index is 1120. The van der Waals surface area contributed by atoms with Crippen LogP contribution in [0.4, 0.5) is 5.13 Å². The maximum atomic E-state index is 6.13. The summed E-state index contributed by atoms with van der Waals surface area (Å²) in [5.41, 5.74) is 3.31. The van der Waals surface area contributed by atoms with Crippen LogP contribution in [0.3, 0.4) is 0 Å². The predicted octanol–water partition coefficient (Wildman–Crippen LogP) is 4.59. The Morgan fingerprint density at radius 1 is 1.07 bits per heavy atom. The number of methoxy groups -OCH3 is 1. The summed E-state index contributed by atoms with van der Waals surface area (Å²) in [6.07, 6.45) is 0. The van der Waals surface area contributed by atoms with E-state index >= 15 is 0 Å². The molecule has 2 aromatic heterocycles. The molecule has 0 amide bonds. The molecule has 7 heteroatoms. The smallest absolute Gasteiger partial charge is 0.231 e. The van der Waals surface area contributed by atoms with E-state index in [1.165, 1.54) is 11.3 Å². The first-order chi connectivity index (χ1) is 13.3. The van der Waals surface area contributed by atoms with Crippen molar-refractivity contribution in [3.63, 3.8) is 0 Å². The van der Waals surface area contributed by atoms with Gasteiger partial charge in [0.15, 0.2) is 0 Å². The molecule has 0 saturated heterocycles. The summed E-state index contributed by atoms with van der Waals surface area (Å²) in [6, 6.07) is 15.3. The van der Waals surface area contributed by atoms with Crippen molar-refractivity contribution in [2.75, 3.05) is 13.7 Å². The second-order valence-electron chi connectivity index (χ2n) is 5.65. The van der Waals surface area contributed by atoms with Gasteiger partial charge in [-0.1, -0.05) is 11.3 Å². The van der Waals surface area contributed by atoms with Gasteiger partial charge in [-0.05, 0) is 49.4 Å². The Labute approximate surface area is 159 Å². The lowest BCUT2D eigenvalue weighted by molar-refractivity contribution is 0.340. The zero-order chi connectivity index (χ0) is 18.6. The van der Waals surface area contributed by atoms with E-state index in [0.717, 1.165) is 33.4 Å². The van der Waals surface area contributed by atoms with Crippen LogP contribution in [0.15, 0.2) is 63.5 Å². The minimum atomic E-state index is 0.588. The summed E-state index contributed by atoms with van der Waals surface area (Å²) in [5.74, 6) is 2.27. The van der Waals surface area contributed by atoms with Gasteiger partial charge >= 0.3 is 0 Å². The van der Waals surface area contributed by atoms with E-state index < -0.39 is 0 Å². The normalized spacial score (nSPS) is 11.7. The number of hydrogen-bond acceptors (Lipinski definition) is 7. The lowest BCUT2D eigenvalue weighted by Crippen LogP contribution is -2.04. The lowest BCUT2D eigenvalue weighted by Gasteiger charge is -2.08. The van der Waals surface area contributed by atoms with E-state index in [9.17, 15) is 0 Å². The van der Waals surface area contributed by atoms with Gasteiger partial charge in [0, 0.05) is 17.0 Å². The molecule has 2 aromatic carbocycles. The number of aromatic nitrogens is 2. The Hall–Kier alpha value is -3.19. The van der Waals surface area contributed by atoms with Crippen LogP contribution in [-0.2, 0) is 0 Å². The average molecular weight is 379 g/mol. The van der Waals surface area contributed by atoms with Crippen molar-refractivity contribution in [2.24, 2.45) is 4.99 Å². The fraction of sp³-hybridized carbons (Fsp3) is 0.150. The highest BCUT2D eigenvalue weighted by molar-refractivity contribution is 7.13. The van der Waals surface area contributed by atoms with E-state index in [-0.39, 0.29) is 0 Å². The Morgan fingerprint density at radius 2 is 1.89 bits per heavy atom.